The Bertz CT molecular complexity index is 398. The van der Waals surface area contributed by atoms with Crippen LogP contribution in [0, 0.1) is 3.83 Å². The van der Waals surface area contributed by atoms with Crippen molar-refractivity contribution in [2.45, 2.75) is 0 Å². The van der Waals surface area contributed by atoms with Gasteiger partial charge >= 0.3 is 0 Å². The minimum atomic E-state index is 0.757. The van der Waals surface area contributed by atoms with Gasteiger partial charge in [0.1, 0.15) is 0 Å². The zero-order valence-electron chi connectivity index (χ0n) is 5.62. The molecule has 6 heteroatoms. The molecule has 0 aliphatic carbocycles. The van der Waals surface area contributed by atoms with E-state index in [1.165, 1.54) is 11.5 Å². The highest BCUT2D eigenvalue weighted by atomic mass is 127. The van der Waals surface area contributed by atoms with Gasteiger partial charge in [0, 0.05) is 22.6 Å². The molecule has 0 N–H and O–H groups in total. The molecule has 0 spiro atoms. The molecular weight excluding hydrogens is 327 g/mol. The quantitative estimate of drug-likeness (QED) is 0.749. The number of nitrogens with zero attached hydrogens (tertiary/aromatic N) is 2. The summed E-state index contributed by atoms with van der Waals surface area (Å²) in [4.78, 5) is 5.25. The van der Waals surface area contributed by atoms with Crippen molar-refractivity contribution in [2.24, 2.45) is 0 Å². The maximum Gasteiger partial charge on any atom is 0.203 e. The van der Waals surface area contributed by atoms with Crippen LogP contribution in [0.4, 0.5) is 0 Å². The molecule has 0 aromatic carbocycles. The molecular formula is C6H2ClIN2S2. The fourth-order valence-electron chi connectivity index (χ4n) is 0.744. The standard InChI is InChI=1S/C6H2ClIN2S2/c7-3-1-2-11-4(3)5-9-6(8)10-12-5/h1-2H. The average Bonchev–Trinajstić information content (AvgIpc) is 2.58. The summed E-state index contributed by atoms with van der Waals surface area (Å²) in [6.07, 6.45) is 0. The predicted molar refractivity (Wildman–Crippen MR) is 60.9 cm³/mol. The lowest BCUT2D eigenvalue weighted by Crippen LogP contribution is -1.72. The van der Waals surface area contributed by atoms with E-state index in [2.05, 4.69) is 31.9 Å². The average molecular weight is 329 g/mol. The molecule has 0 aliphatic rings. The summed E-state index contributed by atoms with van der Waals surface area (Å²) in [6, 6.07) is 1.87. The second-order valence-electron chi connectivity index (χ2n) is 1.97. The zero-order chi connectivity index (χ0) is 8.55. The molecule has 0 bridgehead atoms. The highest BCUT2D eigenvalue weighted by Crippen LogP contribution is 2.33. The zero-order valence-corrected chi connectivity index (χ0v) is 10.2. The largest absolute Gasteiger partial charge is 0.209 e. The van der Waals surface area contributed by atoms with Crippen molar-refractivity contribution in [1.82, 2.24) is 9.36 Å². The van der Waals surface area contributed by atoms with Crippen molar-refractivity contribution in [3.05, 3.63) is 20.3 Å². The first kappa shape index (κ1) is 8.86. The lowest BCUT2D eigenvalue weighted by Gasteiger charge is -1.87. The lowest BCUT2D eigenvalue weighted by atomic mass is 10.5. The molecule has 0 saturated heterocycles. The number of aromatic nitrogens is 2. The Hall–Kier alpha value is 0.280. The van der Waals surface area contributed by atoms with Gasteiger partial charge < -0.3 is 0 Å². The van der Waals surface area contributed by atoms with E-state index in [0.29, 0.717) is 0 Å². The van der Waals surface area contributed by atoms with Crippen LogP contribution in [0.25, 0.3) is 9.88 Å². The van der Waals surface area contributed by atoms with Gasteiger partial charge in [-0.25, -0.2) is 4.98 Å². The van der Waals surface area contributed by atoms with Crippen LogP contribution in [0.3, 0.4) is 0 Å². The highest BCUT2D eigenvalue weighted by molar-refractivity contribution is 14.1. The lowest BCUT2D eigenvalue weighted by molar-refractivity contribution is 1.26. The Labute approximate surface area is 95.9 Å². The number of hydrogen-bond donors (Lipinski definition) is 0. The van der Waals surface area contributed by atoms with E-state index in [1.54, 1.807) is 11.3 Å². The molecule has 2 heterocycles. The van der Waals surface area contributed by atoms with Gasteiger partial charge in [-0.3, -0.25) is 0 Å². The third-order valence-corrected chi connectivity index (χ3v) is 4.23. The maximum absolute atomic E-state index is 5.93. The van der Waals surface area contributed by atoms with E-state index in [9.17, 15) is 0 Å². The fourth-order valence-corrected chi connectivity index (χ4v) is 3.31. The monoisotopic (exact) mass is 328 g/mol. The van der Waals surface area contributed by atoms with E-state index in [1.807, 2.05) is 11.4 Å². The minimum absolute atomic E-state index is 0.757. The van der Waals surface area contributed by atoms with Gasteiger partial charge in [-0.05, 0) is 23.0 Å². The molecule has 0 saturated carbocycles. The van der Waals surface area contributed by atoms with E-state index in [4.69, 9.17) is 11.6 Å². The van der Waals surface area contributed by atoms with E-state index >= 15 is 0 Å². The van der Waals surface area contributed by atoms with Crippen LogP contribution in [0.5, 0.6) is 0 Å². The second-order valence-corrected chi connectivity index (χ2v) is 5.01. The first-order chi connectivity index (χ1) is 5.77. The smallest absolute Gasteiger partial charge is 0.203 e. The van der Waals surface area contributed by atoms with Crippen LogP contribution in [0.15, 0.2) is 11.4 Å². The van der Waals surface area contributed by atoms with Crippen molar-refractivity contribution in [3.63, 3.8) is 0 Å². The molecule has 0 atom stereocenters. The normalized spacial score (nSPS) is 10.5. The molecule has 2 rings (SSSR count). The van der Waals surface area contributed by atoms with Crippen LogP contribution in [0.1, 0.15) is 0 Å². The summed E-state index contributed by atoms with van der Waals surface area (Å²) in [5.74, 6) is 0. The van der Waals surface area contributed by atoms with Crippen molar-refractivity contribution >= 4 is 57.1 Å². The summed E-state index contributed by atoms with van der Waals surface area (Å²) in [6.45, 7) is 0. The van der Waals surface area contributed by atoms with Crippen LogP contribution < -0.4 is 0 Å². The highest BCUT2D eigenvalue weighted by Gasteiger charge is 2.09. The van der Waals surface area contributed by atoms with Gasteiger partial charge in [-0.1, -0.05) is 11.6 Å². The van der Waals surface area contributed by atoms with E-state index < -0.39 is 0 Å². The third kappa shape index (κ3) is 1.63. The molecule has 62 valence electrons. The number of thiophene rings is 1. The first-order valence-electron chi connectivity index (χ1n) is 3.00. The third-order valence-electron chi connectivity index (χ3n) is 1.21. The van der Waals surface area contributed by atoms with E-state index in [-0.39, 0.29) is 0 Å². The molecule has 0 unspecified atom stereocenters. The Kier molecular flexibility index (Phi) is 2.63. The number of halogens is 2. The van der Waals surface area contributed by atoms with Crippen molar-refractivity contribution in [2.75, 3.05) is 0 Å². The first-order valence-corrected chi connectivity index (χ1v) is 6.11. The Morgan fingerprint density at radius 2 is 2.33 bits per heavy atom. The molecule has 2 nitrogen and oxygen atoms in total. The van der Waals surface area contributed by atoms with Gasteiger partial charge in [0.05, 0.1) is 9.90 Å². The summed E-state index contributed by atoms with van der Waals surface area (Å²) in [7, 11) is 0. The summed E-state index contributed by atoms with van der Waals surface area (Å²) in [5.41, 5.74) is 0. The molecule has 2 aromatic rings. The SMILES string of the molecule is Clc1ccsc1-c1nc(I)ns1. The second kappa shape index (κ2) is 3.57. The Balaban J connectivity index is 2.50. The Morgan fingerprint density at radius 3 is 2.83 bits per heavy atom. The van der Waals surface area contributed by atoms with Crippen LogP contribution >= 0.6 is 57.1 Å². The molecule has 0 amide bonds. The molecule has 12 heavy (non-hydrogen) atoms. The number of rotatable bonds is 1. The van der Waals surface area contributed by atoms with Gasteiger partial charge in [-0.15, -0.1) is 11.3 Å². The topological polar surface area (TPSA) is 25.8 Å². The van der Waals surface area contributed by atoms with Gasteiger partial charge in [-0.2, -0.15) is 4.37 Å². The van der Waals surface area contributed by atoms with Crippen LogP contribution in [-0.4, -0.2) is 9.36 Å². The molecule has 2 aromatic heterocycles. The summed E-state index contributed by atoms with van der Waals surface area (Å²) in [5, 5.41) is 3.61. The van der Waals surface area contributed by atoms with Gasteiger partial charge in [0.25, 0.3) is 0 Å². The van der Waals surface area contributed by atoms with Crippen molar-refractivity contribution < 1.29 is 0 Å². The van der Waals surface area contributed by atoms with Gasteiger partial charge in [0.2, 0.25) is 3.83 Å². The Morgan fingerprint density at radius 1 is 1.50 bits per heavy atom. The fraction of sp³-hybridized carbons (Fsp3) is 0. The van der Waals surface area contributed by atoms with E-state index in [0.717, 1.165) is 18.7 Å². The van der Waals surface area contributed by atoms with Crippen LogP contribution in [-0.2, 0) is 0 Å². The maximum atomic E-state index is 5.93. The number of hydrogen-bond acceptors (Lipinski definition) is 4. The summed E-state index contributed by atoms with van der Waals surface area (Å²) >= 11 is 11.0. The minimum Gasteiger partial charge on any atom is -0.209 e. The van der Waals surface area contributed by atoms with Crippen LogP contribution in [0.2, 0.25) is 5.02 Å². The van der Waals surface area contributed by atoms with Crippen molar-refractivity contribution in [3.8, 4) is 9.88 Å². The molecule has 0 aliphatic heterocycles. The van der Waals surface area contributed by atoms with Crippen molar-refractivity contribution in [1.29, 1.82) is 0 Å². The predicted octanol–water partition coefficient (Wildman–Crippen LogP) is 3.52. The van der Waals surface area contributed by atoms with Gasteiger partial charge in [0.15, 0.2) is 5.01 Å². The summed E-state index contributed by atoms with van der Waals surface area (Å²) < 4.78 is 4.85. The molecule has 0 fully saturated rings. The molecule has 0 radical (unpaired) electrons.